The van der Waals surface area contributed by atoms with Crippen LogP contribution in [-0.2, 0) is 4.79 Å². The molecule has 1 aliphatic heterocycles. The number of likely N-dealkylation sites (tertiary alicyclic amines) is 1. The highest BCUT2D eigenvalue weighted by Gasteiger charge is 2.23. The van der Waals surface area contributed by atoms with Gasteiger partial charge in [0.25, 0.3) is 0 Å². The molecule has 0 spiro atoms. The minimum Gasteiger partial charge on any atom is -0.353 e. The van der Waals surface area contributed by atoms with E-state index in [-0.39, 0.29) is 18.0 Å². The van der Waals surface area contributed by atoms with Crippen LogP contribution in [0.25, 0.3) is 6.08 Å². The van der Waals surface area contributed by atoms with Crippen LogP contribution in [0.15, 0.2) is 48.5 Å². The highest BCUT2D eigenvalue weighted by molar-refractivity contribution is 6.42. The third-order valence-electron chi connectivity index (χ3n) is 6.26. The number of benzene rings is 2. The van der Waals surface area contributed by atoms with Crippen molar-refractivity contribution in [1.82, 2.24) is 15.5 Å². The van der Waals surface area contributed by atoms with Crippen LogP contribution < -0.4 is 16.0 Å². The Labute approximate surface area is 224 Å². The molecule has 0 radical (unpaired) electrons. The van der Waals surface area contributed by atoms with Gasteiger partial charge in [-0.25, -0.2) is 4.79 Å². The molecule has 3 amide bonds. The summed E-state index contributed by atoms with van der Waals surface area (Å²) in [6.07, 6.45) is 7.22. The zero-order valence-electron chi connectivity index (χ0n) is 21.0. The van der Waals surface area contributed by atoms with E-state index in [4.69, 9.17) is 23.2 Å². The molecule has 1 aliphatic rings. The first-order chi connectivity index (χ1) is 17.3. The average Bonchev–Trinajstić information content (AvgIpc) is 3.29. The molecule has 1 heterocycles. The molecule has 1 atom stereocenters. The lowest BCUT2D eigenvalue weighted by molar-refractivity contribution is -0.116. The second kappa shape index (κ2) is 14.3. The highest BCUT2D eigenvalue weighted by atomic mass is 35.5. The van der Waals surface area contributed by atoms with Gasteiger partial charge in [-0.05, 0) is 73.2 Å². The lowest BCUT2D eigenvalue weighted by atomic mass is 10.0. The van der Waals surface area contributed by atoms with Gasteiger partial charge in [0.1, 0.15) is 0 Å². The molecular weight excluding hydrogens is 495 g/mol. The molecule has 0 unspecified atom stereocenters. The van der Waals surface area contributed by atoms with Crippen molar-refractivity contribution in [2.45, 2.75) is 51.5 Å². The zero-order valence-corrected chi connectivity index (χ0v) is 22.5. The summed E-state index contributed by atoms with van der Waals surface area (Å²) in [7, 11) is 0. The van der Waals surface area contributed by atoms with Crippen molar-refractivity contribution in [2.24, 2.45) is 0 Å². The summed E-state index contributed by atoms with van der Waals surface area (Å²) in [6, 6.07) is 13.3. The Morgan fingerprint density at radius 2 is 1.83 bits per heavy atom. The second-order valence-corrected chi connectivity index (χ2v) is 10.3. The van der Waals surface area contributed by atoms with Crippen LogP contribution in [0.4, 0.5) is 10.5 Å². The molecule has 8 heteroatoms. The van der Waals surface area contributed by atoms with Gasteiger partial charge in [-0.1, -0.05) is 61.7 Å². The number of amides is 3. The van der Waals surface area contributed by atoms with Gasteiger partial charge in [-0.3, -0.25) is 4.79 Å². The van der Waals surface area contributed by atoms with Crippen LogP contribution in [-0.4, -0.2) is 49.1 Å². The predicted molar refractivity (Wildman–Crippen MR) is 150 cm³/mol. The fraction of sp³-hybridized carbons (Fsp3) is 0.429. The molecule has 3 N–H and O–H groups in total. The van der Waals surface area contributed by atoms with Crippen LogP contribution >= 0.6 is 23.2 Å². The Balaban J connectivity index is 1.24. The molecular formula is C28H36Cl2N4O2. The van der Waals surface area contributed by atoms with Gasteiger partial charge in [-0.15, -0.1) is 0 Å². The SMILES string of the molecule is CC(C)c1ccc(NC(=O)N[C@H]2CCN(CCCCCNC(=O)/C=C/c3ccc(Cl)c(Cl)c3)C2)cc1. The lowest BCUT2D eigenvalue weighted by Crippen LogP contribution is -2.39. The summed E-state index contributed by atoms with van der Waals surface area (Å²) in [6.45, 7) is 7.81. The number of carbonyl (C=O) groups excluding carboxylic acids is 2. The molecule has 3 rings (SSSR count). The van der Waals surface area contributed by atoms with Crippen LogP contribution in [0.2, 0.25) is 10.0 Å². The third kappa shape index (κ3) is 9.49. The monoisotopic (exact) mass is 530 g/mol. The molecule has 0 bridgehead atoms. The van der Waals surface area contributed by atoms with Gasteiger partial charge in [0.2, 0.25) is 5.91 Å². The van der Waals surface area contributed by atoms with E-state index in [0.29, 0.717) is 22.5 Å². The number of anilines is 1. The number of urea groups is 1. The maximum atomic E-state index is 12.3. The number of rotatable bonds is 11. The lowest BCUT2D eigenvalue weighted by Gasteiger charge is -2.17. The van der Waals surface area contributed by atoms with Gasteiger partial charge in [0.15, 0.2) is 0 Å². The quantitative estimate of drug-likeness (QED) is 0.235. The molecule has 1 saturated heterocycles. The van der Waals surface area contributed by atoms with Crippen LogP contribution in [0.5, 0.6) is 0 Å². The smallest absolute Gasteiger partial charge is 0.319 e. The number of nitrogens with zero attached hydrogens (tertiary/aromatic N) is 1. The Hall–Kier alpha value is -2.54. The van der Waals surface area contributed by atoms with Gasteiger partial charge in [0.05, 0.1) is 10.0 Å². The maximum absolute atomic E-state index is 12.3. The minimum absolute atomic E-state index is 0.122. The largest absolute Gasteiger partial charge is 0.353 e. The summed E-state index contributed by atoms with van der Waals surface area (Å²) in [4.78, 5) is 26.7. The molecule has 2 aromatic rings. The summed E-state index contributed by atoms with van der Waals surface area (Å²) in [5.74, 6) is 0.350. The minimum atomic E-state index is -0.150. The Morgan fingerprint density at radius 3 is 2.56 bits per heavy atom. The van der Waals surface area contributed by atoms with Crippen LogP contribution in [0.3, 0.4) is 0 Å². The van der Waals surface area contributed by atoms with Crippen molar-refractivity contribution in [3.8, 4) is 0 Å². The molecule has 36 heavy (non-hydrogen) atoms. The predicted octanol–water partition coefficient (Wildman–Crippen LogP) is 6.31. The summed E-state index contributed by atoms with van der Waals surface area (Å²) in [5, 5.41) is 9.89. The van der Waals surface area contributed by atoms with Gasteiger partial charge < -0.3 is 20.9 Å². The third-order valence-corrected chi connectivity index (χ3v) is 7.00. The van der Waals surface area contributed by atoms with E-state index in [1.165, 1.54) is 11.6 Å². The van der Waals surface area contributed by atoms with E-state index in [2.05, 4.69) is 46.8 Å². The van der Waals surface area contributed by atoms with Crippen molar-refractivity contribution < 1.29 is 9.59 Å². The molecule has 0 aromatic heterocycles. The molecule has 6 nitrogen and oxygen atoms in total. The topological polar surface area (TPSA) is 73.5 Å². The first-order valence-corrected chi connectivity index (χ1v) is 13.4. The zero-order chi connectivity index (χ0) is 25.9. The number of unbranched alkanes of at least 4 members (excludes halogenated alkanes) is 2. The standard InChI is InChI=1S/C28H36Cl2N4O2/c1-20(2)22-8-10-23(11-9-22)32-28(36)33-24-14-17-34(19-24)16-5-3-4-15-31-27(35)13-7-21-6-12-25(29)26(30)18-21/h6-13,18,20,24H,3-5,14-17,19H2,1-2H3,(H,31,35)(H2,32,33,36)/b13-7+/t24-/m0/s1. The van der Waals surface area contributed by atoms with Gasteiger partial charge in [-0.2, -0.15) is 0 Å². The van der Waals surface area contributed by atoms with Crippen molar-refractivity contribution in [1.29, 1.82) is 0 Å². The van der Waals surface area contributed by atoms with E-state index in [1.807, 2.05) is 18.2 Å². The number of nitrogens with one attached hydrogen (secondary N) is 3. The van der Waals surface area contributed by atoms with Crippen LogP contribution in [0, 0.1) is 0 Å². The second-order valence-electron chi connectivity index (χ2n) is 9.52. The maximum Gasteiger partial charge on any atom is 0.319 e. The van der Waals surface area contributed by atoms with E-state index in [9.17, 15) is 9.59 Å². The van der Waals surface area contributed by atoms with E-state index < -0.39 is 0 Å². The summed E-state index contributed by atoms with van der Waals surface area (Å²) in [5.41, 5.74) is 2.89. The first kappa shape index (κ1) is 28.0. The van der Waals surface area contributed by atoms with Crippen LogP contribution in [0.1, 0.15) is 56.6 Å². The molecule has 0 aliphatic carbocycles. The summed E-state index contributed by atoms with van der Waals surface area (Å²) >= 11 is 11.9. The Morgan fingerprint density at radius 1 is 1.06 bits per heavy atom. The first-order valence-electron chi connectivity index (χ1n) is 12.6. The molecule has 0 saturated carbocycles. The number of hydrogen-bond acceptors (Lipinski definition) is 3. The average molecular weight is 532 g/mol. The Kier molecular flexibility index (Phi) is 11.1. The highest BCUT2D eigenvalue weighted by Crippen LogP contribution is 2.23. The number of halogens is 2. The van der Waals surface area contributed by atoms with E-state index in [0.717, 1.165) is 56.6 Å². The van der Waals surface area contributed by atoms with Gasteiger partial charge in [0, 0.05) is 37.4 Å². The Bertz CT molecular complexity index is 1040. The normalized spacial score (nSPS) is 16.0. The van der Waals surface area contributed by atoms with E-state index in [1.54, 1.807) is 18.2 Å². The van der Waals surface area contributed by atoms with Crippen molar-refractivity contribution >= 4 is 46.9 Å². The fourth-order valence-corrected chi connectivity index (χ4v) is 4.46. The fourth-order valence-electron chi connectivity index (χ4n) is 4.15. The summed E-state index contributed by atoms with van der Waals surface area (Å²) < 4.78 is 0. The molecule has 2 aromatic carbocycles. The van der Waals surface area contributed by atoms with Crippen molar-refractivity contribution in [2.75, 3.05) is 31.5 Å². The number of hydrogen-bond donors (Lipinski definition) is 3. The van der Waals surface area contributed by atoms with Crippen molar-refractivity contribution in [3.63, 3.8) is 0 Å². The number of carbonyl (C=O) groups is 2. The van der Waals surface area contributed by atoms with Crippen molar-refractivity contribution in [3.05, 3.63) is 69.7 Å². The van der Waals surface area contributed by atoms with E-state index >= 15 is 0 Å². The molecule has 1 fully saturated rings. The van der Waals surface area contributed by atoms with Gasteiger partial charge >= 0.3 is 6.03 Å². The molecule has 194 valence electrons.